The molecule has 0 fully saturated rings. The van der Waals surface area contributed by atoms with Gasteiger partial charge in [-0.25, -0.2) is 4.98 Å². The van der Waals surface area contributed by atoms with E-state index in [2.05, 4.69) is 20.4 Å². The number of rotatable bonds is 3. The second-order valence-electron chi connectivity index (χ2n) is 3.19. The Balaban J connectivity index is 2.32. The zero-order chi connectivity index (χ0) is 10.8. The fourth-order valence-corrected chi connectivity index (χ4v) is 1.31. The number of aromatic nitrogens is 3. The maximum Gasteiger partial charge on any atom is 0.295 e. The summed E-state index contributed by atoms with van der Waals surface area (Å²) in [5, 5.41) is 6.73. The van der Waals surface area contributed by atoms with Gasteiger partial charge in [-0.05, 0) is 14.0 Å². The van der Waals surface area contributed by atoms with Crippen LogP contribution < -0.4 is 5.32 Å². The number of nitrogens with zero attached hydrogens (tertiary/aromatic N) is 3. The van der Waals surface area contributed by atoms with Crippen LogP contribution in [0.2, 0.25) is 0 Å². The van der Waals surface area contributed by atoms with Gasteiger partial charge in [-0.3, -0.25) is 0 Å². The first-order valence-corrected chi connectivity index (χ1v) is 4.62. The number of nitrogens with one attached hydrogen (secondary N) is 1. The van der Waals surface area contributed by atoms with Gasteiger partial charge in [0, 0.05) is 6.92 Å². The first-order chi connectivity index (χ1) is 7.20. The van der Waals surface area contributed by atoms with Crippen LogP contribution in [-0.4, -0.2) is 22.2 Å². The summed E-state index contributed by atoms with van der Waals surface area (Å²) in [6.45, 7) is 4.19. The van der Waals surface area contributed by atoms with Crippen LogP contribution in [0.15, 0.2) is 8.94 Å². The molecule has 6 heteroatoms. The van der Waals surface area contributed by atoms with Crippen molar-refractivity contribution in [3.63, 3.8) is 0 Å². The highest BCUT2D eigenvalue weighted by Gasteiger charge is 2.16. The fourth-order valence-electron chi connectivity index (χ4n) is 1.31. The highest BCUT2D eigenvalue weighted by molar-refractivity contribution is 5.47. The van der Waals surface area contributed by atoms with Crippen molar-refractivity contribution >= 4 is 0 Å². The minimum Gasteiger partial charge on any atom is -0.436 e. The standard InChI is InChI=1S/C9H12N4O2/c1-5-8(14-6(2)11-5)9-12-7(4-10-3)13-15-9/h10H,4H2,1-3H3. The summed E-state index contributed by atoms with van der Waals surface area (Å²) >= 11 is 0. The Morgan fingerprint density at radius 3 is 2.67 bits per heavy atom. The Bertz CT molecular complexity index is 460. The van der Waals surface area contributed by atoms with E-state index in [0.29, 0.717) is 29.9 Å². The number of hydrogen-bond donors (Lipinski definition) is 1. The Morgan fingerprint density at radius 2 is 2.07 bits per heavy atom. The van der Waals surface area contributed by atoms with Crippen molar-refractivity contribution in [2.75, 3.05) is 7.05 Å². The predicted molar refractivity (Wildman–Crippen MR) is 52.0 cm³/mol. The molecule has 0 aliphatic rings. The van der Waals surface area contributed by atoms with E-state index in [1.54, 1.807) is 6.92 Å². The Morgan fingerprint density at radius 1 is 1.27 bits per heavy atom. The lowest BCUT2D eigenvalue weighted by atomic mass is 10.4. The van der Waals surface area contributed by atoms with E-state index in [0.717, 1.165) is 5.69 Å². The van der Waals surface area contributed by atoms with Crippen LogP contribution in [0.25, 0.3) is 11.7 Å². The molecule has 0 unspecified atom stereocenters. The lowest BCUT2D eigenvalue weighted by molar-refractivity contribution is 0.404. The molecule has 2 aromatic heterocycles. The molecule has 0 aliphatic heterocycles. The Kier molecular flexibility index (Phi) is 2.51. The third kappa shape index (κ3) is 1.89. The molecule has 80 valence electrons. The summed E-state index contributed by atoms with van der Waals surface area (Å²) in [5.74, 6) is 2.11. The van der Waals surface area contributed by atoms with Gasteiger partial charge in [0.15, 0.2) is 11.7 Å². The van der Waals surface area contributed by atoms with Gasteiger partial charge in [0.2, 0.25) is 5.76 Å². The van der Waals surface area contributed by atoms with Gasteiger partial charge in [0.1, 0.15) is 0 Å². The van der Waals surface area contributed by atoms with Crippen molar-refractivity contribution in [3.05, 3.63) is 17.4 Å². The van der Waals surface area contributed by atoms with Crippen molar-refractivity contribution in [1.29, 1.82) is 0 Å². The molecule has 0 atom stereocenters. The first-order valence-electron chi connectivity index (χ1n) is 4.62. The van der Waals surface area contributed by atoms with E-state index in [9.17, 15) is 0 Å². The molecular weight excluding hydrogens is 196 g/mol. The SMILES string of the molecule is CNCc1noc(-c2oc(C)nc2C)n1. The van der Waals surface area contributed by atoms with Gasteiger partial charge in [-0.15, -0.1) is 0 Å². The molecule has 0 aliphatic carbocycles. The normalized spacial score (nSPS) is 10.9. The topological polar surface area (TPSA) is 77.0 Å². The molecule has 6 nitrogen and oxygen atoms in total. The van der Waals surface area contributed by atoms with E-state index in [-0.39, 0.29) is 0 Å². The van der Waals surface area contributed by atoms with Crippen LogP contribution in [-0.2, 0) is 6.54 Å². The van der Waals surface area contributed by atoms with Gasteiger partial charge in [-0.1, -0.05) is 5.16 Å². The largest absolute Gasteiger partial charge is 0.436 e. The molecule has 0 saturated carbocycles. The zero-order valence-electron chi connectivity index (χ0n) is 8.87. The average Bonchev–Trinajstić information content (AvgIpc) is 2.73. The quantitative estimate of drug-likeness (QED) is 0.812. The molecule has 0 aromatic carbocycles. The van der Waals surface area contributed by atoms with Crippen LogP contribution in [0.5, 0.6) is 0 Å². The third-order valence-corrected chi connectivity index (χ3v) is 1.90. The molecule has 0 spiro atoms. The van der Waals surface area contributed by atoms with Crippen LogP contribution in [0, 0.1) is 13.8 Å². The van der Waals surface area contributed by atoms with Crippen molar-refractivity contribution in [2.45, 2.75) is 20.4 Å². The predicted octanol–water partition coefficient (Wildman–Crippen LogP) is 1.06. The highest BCUT2D eigenvalue weighted by atomic mass is 16.5. The molecule has 2 heterocycles. The summed E-state index contributed by atoms with van der Waals surface area (Å²) in [6.07, 6.45) is 0. The molecule has 1 N–H and O–H groups in total. The minimum absolute atomic E-state index is 0.373. The van der Waals surface area contributed by atoms with E-state index < -0.39 is 0 Å². The van der Waals surface area contributed by atoms with E-state index in [1.165, 1.54) is 0 Å². The van der Waals surface area contributed by atoms with Crippen LogP contribution in [0.3, 0.4) is 0 Å². The van der Waals surface area contributed by atoms with Gasteiger partial charge in [0.05, 0.1) is 12.2 Å². The maximum absolute atomic E-state index is 5.36. The number of oxazole rings is 1. The molecule has 2 rings (SSSR count). The molecular formula is C9H12N4O2. The van der Waals surface area contributed by atoms with Gasteiger partial charge >= 0.3 is 0 Å². The number of aryl methyl sites for hydroxylation is 2. The molecule has 0 bridgehead atoms. The van der Waals surface area contributed by atoms with Crippen LogP contribution in [0.4, 0.5) is 0 Å². The fraction of sp³-hybridized carbons (Fsp3) is 0.444. The second-order valence-corrected chi connectivity index (χ2v) is 3.19. The Hall–Kier alpha value is -1.69. The molecule has 0 radical (unpaired) electrons. The van der Waals surface area contributed by atoms with Crippen molar-refractivity contribution in [3.8, 4) is 11.7 Å². The van der Waals surface area contributed by atoms with Crippen molar-refractivity contribution < 1.29 is 8.94 Å². The van der Waals surface area contributed by atoms with Crippen molar-refractivity contribution in [1.82, 2.24) is 20.4 Å². The monoisotopic (exact) mass is 208 g/mol. The highest BCUT2D eigenvalue weighted by Crippen LogP contribution is 2.22. The summed E-state index contributed by atoms with van der Waals surface area (Å²) in [5.41, 5.74) is 0.757. The summed E-state index contributed by atoms with van der Waals surface area (Å²) < 4.78 is 10.4. The molecule has 0 saturated heterocycles. The second kappa shape index (κ2) is 3.82. The first kappa shape index (κ1) is 9.85. The van der Waals surface area contributed by atoms with Gasteiger partial charge in [-0.2, -0.15) is 4.98 Å². The summed E-state index contributed by atoms with van der Waals surface area (Å²) in [6, 6.07) is 0. The van der Waals surface area contributed by atoms with Crippen LogP contribution >= 0.6 is 0 Å². The maximum atomic E-state index is 5.36. The number of hydrogen-bond acceptors (Lipinski definition) is 6. The van der Waals surface area contributed by atoms with E-state index >= 15 is 0 Å². The summed E-state index contributed by atoms with van der Waals surface area (Å²) in [7, 11) is 1.82. The lowest BCUT2D eigenvalue weighted by Crippen LogP contribution is -2.06. The molecule has 0 amide bonds. The lowest BCUT2D eigenvalue weighted by Gasteiger charge is -1.87. The van der Waals surface area contributed by atoms with Crippen LogP contribution in [0.1, 0.15) is 17.4 Å². The zero-order valence-corrected chi connectivity index (χ0v) is 8.87. The van der Waals surface area contributed by atoms with Gasteiger partial charge < -0.3 is 14.3 Å². The minimum atomic E-state index is 0.373. The molecule has 2 aromatic rings. The van der Waals surface area contributed by atoms with E-state index in [4.69, 9.17) is 8.94 Å². The Labute approximate surface area is 86.7 Å². The van der Waals surface area contributed by atoms with Crippen molar-refractivity contribution in [2.24, 2.45) is 0 Å². The van der Waals surface area contributed by atoms with E-state index in [1.807, 2.05) is 14.0 Å². The molecule has 15 heavy (non-hydrogen) atoms. The summed E-state index contributed by atoms with van der Waals surface area (Å²) in [4.78, 5) is 8.30. The average molecular weight is 208 g/mol. The smallest absolute Gasteiger partial charge is 0.295 e. The van der Waals surface area contributed by atoms with Gasteiger partial charge in [0.25, 0.3) is 5.89 Å². The third-order valence-electron chi connectivity index (χ3n) is 1.90.